The van der Waals surface area contributed by atoms with Crippen LogP contribution in [0.1, 0.15) is 38.5 Å². The van der Waals surface area contributed by atoms with Gasteiger partial charge in [0.05, 0.1) is 12.4 Å². The Labute approximate surface area is 130 Å². The first-order chi connectivity index (χ1) is 10.6. The summed E-state index contributed by atoms with van der Waals surface area (Å²) >= 11 is 0. The van der Waals surface area contributed by atoms with Crippen molar-refractivity contribution in [3.05, 3.63) is 12.4 Å². The Hall–Kier alpha value is -1.41. The van der Waals surface area contributed by atoms with Crippen LogP contribution in [0.5, 0.6) is 11.8 Å². The molecule has 0 amide bonds. The summed E-state index contributed by atoms with van der Waals surface area (Å²) in [6.45, 7) is 0. The Kier molecular flexibility index (Phi) is 4.49. The Morgan fingerprint density at radius 1 is 1.05 bits per heavy atom. The smallest absolute Gasteiger partial charge is 0.278 e. The van der Waals surface area contributed by atoms with E-state index in [4.69, 9.17) is 9.47 Å². The van der Waals surface area contributed by atoms with Crippen molar-refractivity contribution in [2.75, 3.05) is 7.11 Å². The van der Waals surface area contributed by atoms with Gasteiger partial charge in [-0.1, -0.05) is 0 Å². The van der Waals surface area contributed by atoms with Crippen LogP contribution in [0, 0.1) is 0 Å². The van der Waals surface area contributed by atoms with Gasteiger partial charge in [-0.3, -0.25) is 0 Å². The molecule has 1 aromatic rings. The molecule has 0 spiro atoms. The molecule has 0 atom stereocenters. The summed E-state index contributed by atoms with van der Waals surface area (Å²) < 4.78 is 37.7. The van der Waals surface area contributed by atoms with Crippen molar-refractivity contribution in [2.24, 2.45) is 0 Å². The first-order valence-electron chi connectivity index (χ1n) is 7.61. The van der Waals surface area contributed by atoms with Crippen LogP contribution in [0.3, 0.4) is 0 Å². The maximum atomic E-state index is 11.9. The van der Waals surface area contributed by atoms with E-state index in [1.54, 1.807) is 12.4 Å². The predicted octanol–water partition coefficient (Wildman–Crippen LogP) is 1.26. The summed E-state index contributed by atoms with van der Waals surface area (Å²) in [6.07, 6.45) is 7.85. The number of ether oxygens (including phenoxy) is 2. The van der Waals surface area contributed by atoms with Gasteiger partial charge in [0.2, 0.25) is 10.0 Å². The van der Waals surface area contributed by atoms with Crippen molar-refractivity contribution in [3.8, 4) is 11.8 Å². The van der Waals surface area contributed by atoms with E-state index in [0.717, 1.165) is 38.5 Å². The van der Waals surface area contributed by atoms with E-state index in [9.17, 15) is 8.42 Å². The molecule has 0 aromatic carbocycles. The van der Waals surface area contributed by atoms with Crippen LogP contribution in [-0.4, -0.2) is 42.9 Å². The number of methoxy groups -OCH3 is 1. The molecule has 1 N–H and O–H groups in total. The van der Waals surface area contributed by atoms with Crippen molar-refractivity contribution in [1.82, 2.24) is 14.7 Å². The fourth-order valence-electron chi connectivity index (χ4n) is 2.70. The van der Waals surface area contributed by atoms with E-state index in [2.05, 4.69) is 14.7 Å². The summed E-state index contributed by atoms with van der Waals surface area (Å²) in [5, 5.41) is -0.162. The molecule has 0 bridgehead atoms. The van der Waals surface area contributed by atoms with Crippen LogP contribution < -0.4 is 14.2 Å². The monoisotopic (exact) mass is 327 g/mol. The lowest BCUT2D eigenvalue weighted by molar-refractivity contribution is 0.132. The molecule has 0 saturated heterocycles. The molecule has 1 heterocycles. The van der Waals surface area contributed by atoms with E-state index in [1.807, 2.05) is 0 Å². The lowest BCUT2D eigenvalue weighted by Gasteiger charge is -2.29. The summed E-state index contributed by atoms with van der Waals surface area (Å²) in [6, 6.07) is 0.0224. The number of rotatable bonds is 6. The summed E-state index contributed by atoms with van der Waals surface area (Å²) in [4.78, 5) is 8.18. The van der Waals surface area contributed by atoms with E-state index >= 15 is 0 Å². The van der Waals surface area contributed by atoms with Gasteiger partial charge < -0.3 is 9.47 Å². The van der Waals surface area contributed by atoms with Gasteiger partial charge in [-0.05, 0) is 38.5 Å². The van der Waals surface area contributed by atoms with Crippen LogP contribution >= 0.6 is 0 Å². The zero-order chi connectivity index (χ0) is 15.6. The molecule has 122 valence electrons. The second kappa shape index (κ2) is 6.37. The molecule has 3 rings (SSSR count). The average Bonchev–Trinajstić information content (AvgIpc) is 3.35. The molecule has 1 aromatic heterocycles. The van der Waals surface area contributed by atoms with Gasteiger partial charge in [0.15, 0.2) is 0 Å². The standard InChI is InChI=1S/C14H21N3O4S/c1-20-13-14(16-9-8-15-13)21-11-4-2-10(3-5-11)17-22(18,19)12-6-7-12/h8-12,17H,2-7H2,1H3. The molecular formula is C14H21N3O4S. The van der Waals surface area contributed by atoms with Crippen LogP contribution in [0.15, 0.2) is 12.4 Å². The Morgan fingerprint density at radius 2 is 1.68 bits per heavy atom. The zero-order valence-electron chi connectivity index (χ0n) is 12.6. The third kappa shape index (κ3) is 3.67. The topological polar surface area (TPSA) is 90.4 Å². The molecule has 7 nitrogen and oxygen atoms in total. The second-order valence-corrected chi connectivity index (χ2v) is 7.82. The van der Waals surface area contributed by atoms with Crippen LogP contribution in [0.4, 0.5) is 0 Å². The molecule has 2 fully saturated rings. The molecule has 2 aliphatic carbocycles. The Bertz CT molecular complexity index is 610. The third-order valence-corrected chi connectivity index (χ3v) is 6.08. The van der Waals surface area contributed by atoms with Gasteiger partial charge in [-0.15, -0.1) is 0 Å². The summed E-state index contributed by atoms with van der Waals surface area (Å²) in [5.74, 6) is 0.770. The molecule has 8 heteroatoms. The second-order valence-electron chi connectivity index (χ2n) is 5.82. The highest BCUT2D eigenvalue weighted by Gasteiger charge is 2.37. The van der Waals surface area contributed by atoms with Crippen molar-refractivity contribution >= 4 is 10.0 Å². The molecule has 22 heavy (non-hydrogen) atoms. The van der Waals surface area contributed by atoms with E-state index in [-0.39, 0.29) is 17.4 Å². The zero-order valence-corrected chi connectivity index (χ0v) is 13.4. The minimum Gasteiger partial charge on any atom is -0.477 e. The molecular weight excluding hydrogens is 306 g/mol. The number of sulfonamides is 1. The van der Waals surface area contributed by atoms with E-state index < -0.39 is 10.0 Å². The quantitative estimate of drug-likeness (QED) is 0.846. The molecule has 0 unspecified atom stereocenters. The number of nitrogens with one attached hydrogen (secondary N) is 1. The van der Waals surface area contributed by atoms with Gasteiger partial charge in [0.25, 0.3) is 11.8 Å². The van der Waals surface area contributed by atoms with Gasteiger partial charge in [0.1, 0.15) is 6.10 Å². The number of nitrogens with zero attached hydrogens (tertiary/aromatic N) is 2. The molecule has 2 saturated carbocycles. The first-order valence-corrected chi connectivity index (χ1v) is 9.16. The lowest BCUT2D eigenvalue weighted by Crippen LogP contribution is -2.41. The molecule has 2 aliphatic rings. The summed E-state index contributed by atoms with van der Waals surface area (Å²) in [7, 11) is -1.58. The minimum atomic E-state index is -3.11. The number of aromatic nitrogens is 2. The van der Waals surface area contributed by atoms with Crippen LogP contribution in [0.2, 0.25) is 0 Å². The average molecular weight is 327 g/mol. The number of hydrogen-bond acceptors (Lipinski definition) is 6. The largest absolute Gasteiger partial charge is 0.477 e. The summed E-state index contributed by atoms with van der Waals surface area (Å²) in [5.41, 5.74) is 0. The van der Waals surface area contributed by atoms with Crippen molar-refractivity contribution < 1.29 is 17.9 Å². The highest BCUT2D eigenvalue weighted by atomic mass is 32.2. The normalized spacial score (nSPS) is 25.7. The van der Waals surface area contributed by atoms with Gasteiger partial charge in [0, 0.05) is 18.4 Å². The highest BCUT2D eigenvalue weighted by Crippen LogP contribution is 2.30. The van der Waals surface area contributed by atoms with Crippen molar-refractivity contribution in [2.45, 2.75) is 55.9 Å². The first kappa shape index (κ1) is 15.5. The maximum Gasteiger partial charge on any atom is 0.278 e. The number of hydrogen-bond donors (Lipinski definition) is 1. The van der Waals surface area contributed by atoms with Gasteiger partial charge in [-0.2, -0.15) is 0 Å². The fourth-order valence-corrected chi connectivity index (χ4v) is 4.35. The van der Waals surface area contributed by atoms with Crippen LogP contribution in [-0.2, 0) is 10.0 Å². The predicted molar refractivity (Wildman–Crippen MR) is 80.3 cm³/mol. The Morgan fingerprint density at radius 3 is 2.27 bits per heavy atom. The lowest BCUT2D eigenvalue weighted by atomic mass is 9.94. The Balaban J connectivity index is 1.51. The fraction of sp³-hybridized carbons (Fsp3) is 0.714. The van der Waals surface area contributed by atoms with Crippen molar-refractivity contribution in [3.63, 3.8) is 0 Å². The maximum absolute atomic E-state index is 11.9. The van der Waals surface area contributed by atoms with Crippen LogP contribution in [0.25, 0.3) is 0 Å². The van der Waals surface area contributed by atoms with Crippen molar-refractivity contribution in [1.29, 1.82) is 0 Å². The van der Waals surface area contributed by atoms with Gasteiger partial charge >= 0.3 is 0 Å². The SMILES string of the molecule is COc1nccnc1OC1CCC(NS(=O)(=O)C2CC2)CC1. The van der Waals surface area contributed by atoms with E-state index in [0.29, 0.717) is 11.8 Å². The third-order valence-electron chi connectivity index (χ3n) is 4.07. The van der Waals surface area contributed by atoms with Gasteiger partial charge in [-0.25, -0.2) is 23.1 Å². The molecule has 0 radical (unpaired) electrons. The minimum absolute atomic E-state index is 0.0206. The molecule has 0 aliphatic heterocycles. The van der Waals surface area contributed by atoms with E-state index in [1.165, 1.54) is 7.11 Å². The highest BCUT2D eigenvalue weighted by molar-refractivity contribution is 7.90.